The lowest BCUT2D eigenvalue weighted by Gasteiger charge is -2.16. The van der Waals surface area contributed by atoms with Crippen molar-refractivity contribution in [1.82, 2.24) is 0 Å². The molecule has 1 aliphatic heterocycles. The number of anilines is 1. The van der Waals surface area contributed by atoms with E-state index in [-0.39, 0.29) is 22.3 Å². The summed E-state index contributed by atoms with van der Waals surface area (Å²) in [5.41, 5.74) is 3.44. The molecule has 0 spiro atoms. The third kappa shape index (κ3) is 6.96. The monoisotopic (exact) mass is 750 g/mol. The number of thioether (sulfide) groups is 1. The number of methoxy groups -OCH3 is 1. The second-order valence-electron chi connectivity index (χ2n) is 9.54. The van der Waals surface area contributed by atoms with Crippen LogP contribution in [0.4, 0.5) is 11.4 Å². The number of benzene rings is 4. The van der Waals surface area contributed by atoms with E-state index >= 15 is 0 Å². The number of halogens is 4. The number of aryl methyl sites for hydroxylation is 2. The molecule has 0 aromatic heterocycles. The molecule has 0 unspecified atom stereocenters. The molecule has 1 aliphatic rings. The Bertz CT molecular complexity index is 1970. The van der Waals surface area contributed by atoms with Gasteiger partial charge in [0.05, 0.1) is 27.9 Å². The maximum Gasteiger partial charge on any atom is 0.339 e. The van der Waals surface area contributed by atoms with Gasteiger partial charge in [0.1, 0.15) is 4.90 Å². The molecule has 7 nitrogen and oxygen atoms in total. The zero-order valence-electron chi connectivity index (χ0n) is 23.3. The zero-order chi connectivity index (χ0) is 31.8. The van der Waals surface area contributed by atoms with E-state index in [4.69, 9.17) is 48.7 Å². The number of rotatable bonds is 7. The number of hydrogen-bond acceptors (Lipinski definition) is 7. The van der Waals surface area contributed by atoms with Crippen LogP contribution in [0, 0.1) is 13.8 Å². The van der Waals surface area contributed by atoms with E-state index in [0.29, 0.717) is 46.6 Å². The van der Waals surface area contributed by atoms with Crippen LogP contribution in [-0.2, 0) is 14.9 Å². The minimum Gasteiger partial charge on any atom is -0.493 e. The van der Waals surface area contributed by atoms with Crippen molar-refractivity contribution in [2.45, 2.75) is 18.7 Å². The van der Waals surface area contributed by atoms with Crippen LogP contribution in [0.2, 0.25) is 15.1 Å². The average Bonchev–Trinajstić information content (AvgIpc) is 3.27. The normalized spacial score (nSPS) is 15.3. The van der Waals surface area contributed by atoms with Crippen LogP contribution in [0.3, 0.4) is 0 Å². The van der Waals surface area contributed by atoms with Crippen molar-refractivity contribution in [2.75, 3.05) is 12.0 Å². The Kier molecular flexibility index (Phi) is 9.69. The molecular weight excluding hydrogens is 731 g/mol. The lowest BCUT2D eigenvalue weighted by atomic mass is 10.1. The van der Waals surface area contributed by atoms with E-state index in [1.165, 1.54) is 48.0 Å². The molecule has 0 saturated carbocycles. The summed E-state index contributed by atoms with van der Waals surface area (Å²) in [4.78, 5) is 20.3. The number of amides is 1. The predicted molar refractivity (Wildman–Crippen MR) is 182 cm³/mol. The number of amidine groups is 1. The first-order valence-electron chi connectivity index (χ1n) is 12.8. The van der Waals surface area contributed by atoms with Gasteiger partial charge in [-0.25, -0.2) is 4.99 Å². The van der Waals surface area contributed by atoms with Crippen molar-refractivity contribution in [3.05, 3.63) is 114 Å². The Morgan fingerprint density at radius 1 is 0.909 bits per heavy atom. The van der Waals surface area contributed by atoms with Crippen molar-refractivity contribution in [3.63, 3.8) is 0 Å². The third-order valence-corrected chi connectivity index (χ3v) is 10.3. The maximum atomic E-state index is 13.8. The Morgan fingerprint density at radius 2 is 1.57 bits per heavy atom. The summed E-state index contributed by atoms with van der Waals surface area (Å²) in [5, 5.41) is 1.85. The number of nitrogens with zero attached hydrogens (tertiary/aromatic N) is 2. The number of aliphatic imine (C=N–C) groups is 1. The van der Waals surface area contributed by atoms with E-state index < -0.39 is 10.1 Å². The highest BCUT2D eigenvalue weighted by atomic mass is 79.9. The molecule has 1 heterocycles. The van der Waals surface area contributed by atoms with E-state index in [0.717, 1.165) is 11.1 Å². The van der Waals surface area contributed by atoms with Gasteiger partial charge >= 0.3 is 10.1 Å². The first kappa shape index (κ1) is 32.4. The summed E-state index contributed by atoms with van der Waals surface area (Å²) in [6.45, 7) is 3.77. The lowest BCUT2D eigenvalue weighted by Crippen LogP contribution is -2.28. The van der Waals surface area contributed by atoms with Gasteiger partial charge in [-0.2, -0.15) is 8.42 Å². The van der Waals surface area contributed by atoms with Crippen LogP contribution >= 0.6 is 62.5 Å². The lowest BCUT2D eigenvalue weighted by molar-refractivity contribution is -0.113. The first-order valence-corrected chi connectivity index (χ1v) is 16.9. The minimum atomic E-state index is -4.20. The van der Waals surface area contributed by atoms with Gasteiger partial charge in [0.25, 0.3) is 5.91 Å². The van der Waals surface area contributed by atoms with Crippen molar-refractivity contribution in [3.8, 4) is 11.5 Å². The molecule has 5 rings (SSSR count). The Labute approximate surface area is 282 Å². The fourth-order valence-corrected chi connectivity index (χ4v) is 7.15. The van der Waals surface area contributed by atoms with Gasteiger partial charge in [-0.15, -0.1) is 0 Å². The van der Waals surface area contributed by atoms with Crippen LogP contribution in [-0.4, -0.2) is 26.6 Å². The van der Waals surface area contributed by atoms with Crippen LogP contribution in [0.5, 0.6) is 11.5 Å². The summed E-state index contributed by atoms with van der Waals surface area (Å²) in [5.74, 6) is -0.249. The highest BCUT2D eigenvalue weighted by Gasteiger charge is 2.35. The number of hydrogen-bond donors (Lipinski definition) is 0. The zero-order valence-corrected chi connectivity index (χ0v) is 28.8. The van der Waals surface area contributed by atoms with E-state index in [9.17, 15) is 13.2 Å². The standard InChI is InChI=1S/C31H22BrCl3N2O5S2/c1-17-4-8-21(15-25(17)34)36-31-37(22-9-5-18(2)26(35)16-22)30(38)28(43-31)14-19-12-24(32)29(27(13-19)41-3)42-44(39,40)23-10-6-20(33)7-11-23/h4-16H,1-3H3/b28-14+,36-31?. The molecule has 13 heteroatoms. The van der Waals surface area contributed by atoms with Crippen molar-refractivity contribution >= 4 is 101 Å². The maximum absolute atomic E-state index is 13.8. The smallest absolute Gasteiger partial charge is 0.339 e. The third-order valence-electron chi connectivity index (χ3n) is 6.45. The summed E-state index contributed by atoms with van der Waals surface area (Å²) in [7, 11) is -2.82. The summed E-state index contributed by atoms with van der Waals surface area (Å²) in [6.07, 6.45) is 1.66. The van der Waals surface area contributed by atoms with Gasteiger partial charge in [-0.1, -0.05) is 46.9 Å². The van der Waals surface area contributed by atoms with Gasteiger partial charge in [-0.05, 0) is 125 Å². The topological polar surface area (TPSA) is 85.3 Å². The van der Waals surface area contributed by atoms with Crippen LogP contribution in [0.15, 0.2) is 92.1 Å². The summed E-state index contributed by atoms with van der Waals surface area (Å²) in [6, 6.07) is 19.5. The molecule has 4 aromatic rings. The molecule has 226 valence electrons. The largest absolute Gasteiger partial charge is 0.493 e. The van der Waals surface area contributed by atoms with Crippen LogP contribution < -0.4 is 13.8 Å². The fourth-order valence-electron chi connectivity index (χ4n) is 4.07. The van der Waals surface area contributed by atoms with Gasteiger partial charge in [0.2, 0.25) is 0 Å². The molecule has 1 amide bonds. The minimum absolute atomic E-state index is 0.0515. The first-order chi connectivity index (χ1) is 20.9. The SMILES string of the molecule is COc1cc(/C=C2/SC(=Nc3ccc(C)c(Cl)c3)N(c3ccc(C)c(Cl)c3)C2=O)cc(Br)c1OS(=O)(=O)c1ccc(Cl)cc1. The van der Waals surface area contributed by atoms with Gasteiger partial charge in [0.15, 0.2) is 16.7 Å². The van der Waals surface area contributed by atoms with E-state index in [1.54, 1.807) is 36.4 Å². The molecule has 1 fully saturated rings. The molecule has 0 aliphatic carbocycles. The summed E-state index contributed by atoms with van der Waals surface area (Å²) < 4.78 is 37.1. The highest BCUT2D eigenvalue weighted by Crippen LogP contribution is 2.42. The molecule has 0 atom stereocenters. The van der Waals surface area contributed by atoms with Crippen molar-refractivity contribution in [1.29, 1.82) is 0 Å². The summed E-state index contributed by atoms with van der Waals surface area (Å²) >= 11 is 23.2. The predicted octanol–water partition coefficient (Wildman–Crippen LogP) is 9.61. The Hall–Kier alpha value is -2.99. The van der Waals surface area contributed by atoms with E-state index in [2.05, 4.69) is 15.9 Å². The van der Waals surface area contributed by atoms with Crippen molar-refractivity contribution < 1.29 is 22.1 Å². The number of carbonyl (C=O) groups excluding carboxylic acids is 1. The second kappa shape index (κ2) is 13.2. The molecule has 44 heavy (non-hydrogen) atoms. The molecule has 0 radical (unpaired) electrons. The van der Waals surface area contributed by atoms with Crippen LogP contribution in [0.1, 0.15) is 16.7 Å². The molecule has 0 N–H and O–H groups in total. The average molecular weight is 753 g/mol. The van der Waals surface area contributed by atoms with E-state index in [1.807, 2.05) is 32.0 Å². The molecule has 4 aromatic carbocycles. The molecule has 1 saturated heterocycles. The van der Waals surface area contributed by atoms with Crippen LogP contribution in [0.25, 0.3) is 6.08 Å². The Morgan fingerprint density at radius 3 is 2.20 bits per heavy atom. The number of ether oxygens (including phenoxy) is 1. The molecular formula is C31H22BrCl3N2O5S2. The fraction of sp³-hybridized carbons (Fsp3) is 0.0968. The molecule has 0 bridgehead atoms. The van der Waals surface area contributed by atoms with Gasteiger partial charge in [-0.3, -0.25) is 9.69 Å². The number of carbonyl (C=O) groups is 1. The Balaban J connectivity index is 1.53. The highest BCUT2D eigenvalue weighted by molar-refractivity contribution is 9.10. The van der Waals surface area contributed by atoms with Gasteiger partial charge in [0, 0.05) is 15.1 Å². The second-order valence-corrected chi connectivity index (χ2v) is 14.2. The van der Waals surface area contributed by atoms with Gasteiger partial charge < -0.3 is 8.92 Å². The quantitative estimate of drug-likeness (QED) is 0.138. The van der Waals surface area contributed by atoms with Crippen molar-refractivity contribution in [2.24, 2.45) is 4.99 Å².